The summed E-state index contributed by atoms with van der Waals surface area (Å²) in [6.07, 6.45) is 5.82. The van der Waals surface area contributed by atoms with Crippen LogP contribution < -0.4 is 5.32 Å². The highest BCUT2D eigenvalue weighted by Crippen LogP contribution is 2.30. The van der Waals surface area contributed by atoms with E-state index in [2.05, 4.69) is 22.0 Å². The minimum atomic E-state index is 0.872. The maximum Gasteiger partial charge on any atom is 0.0351 e. The first kappa shape index (κ1) is 11.9. The molecule has 0 radical (unpaired) electrons. The predicted octanol–water partition coefficient (Wildman–Crippen LogP) is 1.15. The van der Waals surface area contributed by atoms with E-state index in [9.17, 15) is 0 Å². The molecule has 0 aromatic heterocycles. The van der Waals surface area contributed by atoms with Gasteiger partial charge in [0.15, 0.2) is 0 Å². The molecule has 0 atom stereocenters. The van der Waals surface area contributed by atoms with Gasteiger partial charge in [0, 0.05) is 51.4 Å². The molecule has 3 aliphatic rings. The fraction of sp³-hybridized carbons (Fsp3) is 1.00. The van der Waals surface area contributed by atoms with Crippen LogP contribution in [0, 0.1) is 5.92 Å². The fourth-order valence-electron chi connectivity index (χ4n) is 3.67. The summed E-state index contributed by atoms with van der Waals surface area (Å²) in [4.78, 5) is 5.44. The average molecular weight is 237 g/mol. The molecule has 0 aromatic carbocycles. The molecule has 1 aliphatic carbocycles. The lowest BCUT2D eigenvalue weighted by Crippen LogP contribution is -2.65. The van der Waals surface area contributed by atoms with Gasteiger partial charge in [0.25, 0.3) is 0 Å². The number of likely N-dealkylation sites (tertiary alicyclic amines) is 1. The first-order valence-corrected chi connectivity index (χ1v) is 7.52. The lowest BCUT2D eigenvalue weighted by atomic mass is 9.85. The van der Waals surface area contributed by atoms with Gasteiger partial charge in [0.2, 0.25) is 0 Å². The summed E-state index contributed by atoms with van der Waals surface area (Å²) in [7, 11) is 0. The Morgan fingerprint density at radius 2 is 1.47 bits per heavy atom. The highest BCUT2D eigenvalue weighted by Gasteiger charge is 2.36. The molecule has 2 heterocycles. The molecule has 0 spiro atoms. The van der Waals surface area contributed by atoms with E-state index in [1.54, 1.807) is 0 Å². The summed E-state index contributed by atoms with van der Waals surface area (Å²) in [5, 5.41) is 3.44. The first-order valence-electron chi connectivity index (χ1n) is 7.52. The number of piperazine rings is 1. The van der Waals surface area contributed by atoms with Crippen LogP contribution in [0.3, 0.4) is 0 Å². The van der Waals surface area contributed by atoms with E-state index < -0.39 is 0 Å². The Morgan fingerprint density at radius 1 is 0.824 bits per heavy atom. The molecule has 0 amide bonds. The van der Waals surface area contributed by atoms with E-state index in [-0.39, 0.29) is 0 Å². The second kappa shape index (κ2) is 5.25. The Kier molecular flexibility index (Phi) is 3.69. The normalized spacial score (nSPS) is 37.9. The van der Waals surface area contributed by atoms with Crippen molar-refractivity contribution in [3.05, 3.63) is 0 Å². The monoisotopic (exact) mass is 237 g/mol. The summed E-state index contributed by atoms with van der Waals surface area (Å²) in [6.45, 7) is 10.0. The second-order valence-electron chi connectivity index (χ2n) is 6.31. The third-order valence-electron chi connectivity index (χ3n) is 5.06. The molecule has 3 nitrogen and oxygen atoms in total. The number of nitrogens with zero attached hydrogens (tertiary/aromatic N) is 2. The van der Waals surface area contributed by atoms with Gasteiger partial charge in [-0.15, -0.1) is 0 Å². The summed E-state index contributed by atoms with van der Waals surface area (Å²) in [5.74, 6) is 0.983. The summed E-state index contributed by atoms with van der Waals surface area (Å²) in [6, 6.07) is 1.79. The fourth-order valence-corrected chi connectivity index (χ4v) is 3.67. The van der Waals surface area contributed by atoms with Gasteiger partial charge in [-0.1, -0.05) is 6.92 Å². The zero-order valence-electron chi connectivity index (χ0n) is 11.2. The van der Waals surface area contributed by atoms with Crippen molar-refractivity contribution in [1.82, 2.24) is 15.1 Å². The Labute approximate surface area is 106 Å². The maximum absolute atomic E-state index is 3.44. The number of nitrogens with one attached hydrogen (secondary N) is 1. The molecule has 0 unspecified atom stereocenters. The molecule has 3 fully saturated rings. The van der Waals surface area contributed by atoms with Crippen molar-refractivity contribution >= 4 is 0 Å². The van der Waals surface area contributed by atoms with E-state index in [1.165, 1.54) is 65.0 Å². The van der Waals surface area contributed by atoms with Crippen LogP contribution in [-0.2, 0) is 0 Å². The van der Waals surface area contributed by atoms with Crippen LogP contribution in [0.1, 0.15) is 32.6 Å². The van der Waals surface area contributed by atoms with Gasteiger partial charge in [-0.3, -0.25) is 9.80 Å². The zero-order valence-corrected chi connectivity index (χ0v) is 11.2. The van der Waals surface area contributed by atoms with Gasteiger partial charge >= 0.3 is 0 Å². The Balaban J connectivity index is 1.41. The average Bonchev–Trinajstić information content (AvgIpc) is 2.31. The van der Waals surface area contributed by atoms with Gasteiger partial charge in [-0.2, -0.15) is 0 Å². The van der Waals surface area contributed by atoms with E-state index in [0.717, 1.165) is 18.0 Å². The van der Waals surface area contributed by atoms with Crippen molar-refractivity contribution in [2.75, 3.05) is 39.3 Å². The van der Waals surface area contributed by atoms with E-state index in [4.69, 9.17) is 0 Å². The molecule has 1 N–H and O–H groups in total. The van der Waals surface area contributed by atoms with Crippen LogP contribution in [0.5, 0.6) is 0 Å². The van der Waals surface area contributed by atoms with E-state index >= 15 is 0 Å². The minimum absolute atomic E-state index is 0.872. The van der Waals surface area contributed by atoms with Gasteiger partial charge in [-0.05, 0) is 31.6 Å². The summed E-state index contributed by atoms with van der Waals surface area (Å²) in [5.41, 5.74) is 0. The summed E-state index contributed by atoms with van der Waals surface area (Å²) >= 11 is 0. The van der Waals surface area contributed by atoms with Crippen LogP contribution in [0.25, 0.3) is 0 Å². The predicted molar refractivity (Wildman–Crippen MR) is 71.2 cm³/mol. The molecule has 98 valence electrons. The van der Waals surface area contributed by atoms with Crippen molar-refractivity contribution in [1.29, 1.82) is 0 Å². The summed E-state index contributed by atoms with van der Waals surface area (Å²) < 4.78 is 0. The Hall–Kier alpha value is -0.120. The van der Waals surface area contributed by atoms with Gasteiger partial charge < -0.3 is 5.32 Å². The van der Waals surface area contributed by atoms with Crippen molar-refractivity contribution in [3.8, 4) is 0 Å². The van der Waals surface area contributed by atoms with Crippen LogP contribution in [-0.4, -0.2) is 61.2 Å². The molecule has 2 aliphatic heterocycles. The number of hydrogen-bond donors (Lipinski definition) is 1. The van der Waals surface area contributed by atoms with Gasteiger partial charge in [0.1, 0.15) is 0 Å². The quantitative estimate of drug-likeness (QED) is 0.777. The topological polar surface area (TPSA) is 18.5 Å². The largest absolute Gasteiger partial charge is 0.314 e. The molecule has 3 rings (SSSR count). The SMILES string of the molecule is CC1CCC(N2CC(N3CCNCC3)C2)CC1. The molecule has 1 saturated carbocycles. The van der Waals surface area contributed by atoms with Crippen LogP contribution in [0.4, 0.5) is 0 Å². The molecular formula is C14H27N3. The molecule has 0 bridgehead atoms. The van der Waals surface area contributed by atoms with Crippen molar-refractivity contribution in [2.45, 2.75) is 44.7 Å². The molecule has 0 aromatic rings. The molecule has 3 heteroatoms. The molecule has 17 heavy (non-hydrogen) atoms. The molecular weight excluding hydrogens is 210 g/mol. The van der Waals surface area contributed by atoms with Crippen LogP contribution >= 0.6 is 0 Å². The molecule has 2 saturated heterocycles. The van der Waals surface area contributed by atoms with Crippen molar-refractivity contribution in [3.63, 3.8) is 0 Å². The first-order chi connectivity index (χ1) is 8.33. The number of rotatable bonds is 2. The zero-order chi connectivity index (χ0) is 11.7. The Bertz CT molecular complexity index is 236. The highest BCUT2D eigenvalue weighted by atomic mass is 15.3. The highest BCUT2D eigenvalue weighted by molar-refractivity contribution is 4.94. The van der Waals surface area contributed by atoms with Crippen molar-refractivity contribution < 1.29 is 0 Å². The lowest BCUT2D eigenvalue weighted by molar-refractivity contribution is -0.0133. The Morgan fingerprint density at radius 3 is 2.12 bits per heavy atom. The third-order valence-corrected chi connectivity index (χ3v) is 5.06. The van der Waals surface area contributed by atoms with Gasteiger partial charge in [0.05, 0.1) is 0 Å². The van der Waals surface area contributed by atoms with Crippen LogP contribution in [0.2, 0.25) is 0 Å². The standard InChI is InChI=1S/C14H27N3/c1-12-2-4-13(5-3-12)17-10-14(11-17)16-8-6-15-7-9-16/h12-15H,2-11H2,1H3. The van der Waals surface area contributed by atoms with Crippen LogP contribution in [0.15, 0.2) is 0 Å². The number of hydrogen-bond acceptors (Lipinski definition) is 3. The minimum Gasteiger partial charge on any atom is -0.314 e. The third kappa shape index (κ3) is 2.67. The lowest BCUT2D eigenvalue weighted by Gasteiger charge is -2.51. The smallest absolute Gasteiger partial charge is 0.0351 e. The van der Waals surface area contributed by atoms with E-state index in [0.29, 0.717) is 0 Å². The van der Waals surface area contributed by atoms with E-state index in [1.807, 2.05) is 0 Å². The second-order valence-corrected chi connectivity index (χ2v) is 6.31. The maximum atomic E-state index is 3.44. The van der Waals surface area contributed by atoms with Gasteiger partial charge in [-0.25, -0.2) is 0 Å². The van der Waals surface area contributed by atoms with Crippen molar-refractivity contribution in [2.24, 2.45) is 5.92 Å².